The molecule has 0 heterocycles. The third-order valence-corrected chi connectivity index (χ3v) is 5.17. The van der Waals surface area contributed by atoms with Crippen LogP contribution in [0.2, 0.25) is 0 Å². The average Bonchev–Trinajstić information content (AvgIpc) is 2.51. The molecule has 0 aliphatic carbocycles. The monoisotopic (exact) mass is 336 g/mol. The van der Waals surface area contributed by atoms with Gasteiger partial charge in [-0.05, 0) is 64.0 Å². The van der Waals surface area contributed by atoms with E-state index in [2.05, 4.69) is 91.8 Å². The fourth-order valence-corrected chi connectivity index (χ4v) is 3.26. The van der Waals surface area contributed by atoms with Gasteiger partial charge in [0.05, 0.1) is 0 Å². The lowest BCUT2D eigenvalue weighted by Gasteiger charge is -2.24. The zero-order chi connectivity index (χ0) is 18.8. The molecular weight excluding hydrogens is 300 g/mol. The van der Waals surface area contributed by atoms with Gasteiger partial charge in [0, 0.05) is 0 Å². The Morgan fingerprint density at radius 1 is 0.720 bits per heavy atom. The fraction of sp³-hybridized carbons (Fsp3) is 0.520. The van der Waals surface area contributed by atoms with Crippen LogP contribution in [0, 0.1) is 6.92 Å². The van der Waals surface area contributed by atoms with Crippen LogP contribution in [0.25, 0.3) is 11.1 Å². The van der Waals surface area contributed by atoms with Crippen LogP contribution in [0.4, 0.5) is 0 Å². The maximum Gasteiger partial charge on any atom is -0.0132 e. The summed E-state index contributed by atoms with van der Waals surface area (Å²) in [7, 11) is 0. The van der Waals surface area contributed by atoms with Gasteiger partial charge in [-0.3, -0.25) is 0 Å². The molecule has 0 unspecified atom stereocenters. The Morgan fingerprint density at radius 3 is 1.76 bits per heavy atom. The molecule has 0 heteroatoms. The Balaban J connectivity index is 2.66. The molecule has 0 radical (unpaired) electrons. The van der Waals surface area contributed by atoms with Crippen LogP contribution in [0.15, 0.2) is 36.4 Å². The molecule has 0 saturated heterocycles. The standard InChI is InChI=1S/C25H36/c1-9-10-11-19-13-15-21(25(6,7)8)17-23(19)22-16-20(24(3,4)5)14-12-18(22)2/h12-17H,9-11H2,1-8H3. The van der Waals surface area contributed by atoms with Crippen LogP contribution in [0.5, 0.6) is 0 Å². The zero-order valence-corrected chi connectivity index (χ0v) is 17.6. The van der Waals surface area contributed by atoms with Gasteiger partial charge in [-0.1, -0.05) is 91.3 Å². The summed E-state index contributed by atoms with van der Waals surface area (Å²) in [5.41, 5.74) is 8.88. The predicted molar refractivity (Wildman–Crippen MR) is 113 cm³/mol. The highest BCUT2D eigenvalue weighted by Crippen LogP contribution is 2.35. The lowest BCUT2D eigenvalue weighted by molar-refractivity contribution is 0.589. The Morgan fingerprint density at radius 2 is 1.24 bits per heavy atom. The molecule has 0 spiro atoms. The van der Waals surface area contributed by atoms with Gasteiger partial charge in [-0.2, -0.15) is 0 Å². The molecule has 0 N–H and O–H groups in total. The molecule has 2 rings (SSSR count). The Kier molecular flexibility index (Phi) is 5.82. The van der Waals surface area contributed by atoms with Crippen molar-refractivity contribution >= 4 is 0 Å². The van der Waals surface area contributed by atoms with Crippen molar-refractivity contribution in [3.63, 3.8) is 0 Å². The van der Waals surface area contributed by atoms with E-state index in [-0.39, 0.29) is 10.8 Å². The van der Waals surface area contributed by atoms with Crippen molar-refractivity contribution in [2.24, 2.45) is 0 Å². The molecule has 0 atom stereocenters. The van der Waals surface area contributed by atoms with Gasteiger partial charge in [0.25, 0.3) is 0 Å². The quantitative estimate of drug-likeness (QED) is 0.539. The molecule has 2 aromatic carbocycles. The first-order valence-corrected chi connectivity index (χ1v) is 9.79. The van der Waals surface area contributed by atoms with E-state index in [0.717, 1.165) is 6.42 Å². The van der Waals surface area contributed by atoms with E-state index in [1.165, 1.54) is 46.2 Å². The van der Waals surface area contributed by atoms with Gasteiger partial charge in [0.1, 0.15) is 0 Å². The minimum Gasteiger partial charge on any atom is -0.0654 e. The normalized spacial score (nSPS) is 12.5. The lowest BCUT2D eigenvalue weighted by Crippen LogP contribution is -2.13. The molecule has 25 heavy (non-hydrogen) atoms. The Bertz CT molecular complexity index is 721. The zero-order valence-electron chi connectivity index (χ0n) is 17.6. The molecule has 0 saturated carbocycles. The summed E-state index contributed by atoms with van der Waals surface area (Å²) in [6.07, 6.45) is 3.65. The van der Waals surface area contributed by atoms with Crippen LogP contribution < -0.4 is 0 Å². The second kappa shape index (κ2) is 7.36. The van der Waals surface area contributed by atoms with Crippen molar-refractivity contribution < 1.29 is 0 Å². The summed E-state index contributed by atoms with van der Waals surface area (Å²) < 4.78 is 0. The van der Waals surface area contributed by atoms with Crippen molar-refractivity contribution in [3.05, 3.63) is 58.7 Å². The molecule has 0 amide bonds. The second-order valence-corrected chi connectivity index (χ2v) is 9.51. The fourth-order valence-electron chi connectivity index (χ4n) is 3.26. The summed E-state index contributed by atoms with van der Waals surface area (Å²) in [6, 6.07) is 14.2. The molecule has 0 aliphatic rings. The third kappa shape index (κ3) is 4.75. The minimum absolute atomic E-state index is 0.174. The number of rotatable bonds is 4. The molecule has 2 aromatic rings. The van der Waals surface area contributed by atoms with Crippen molar-refractivity contribution in [1.82, 2.24) is 0 Å². The van der Waals surface area contributed by atoms with Crippen molar-refractivity contribution in [2.45, 2.75) is 85.5 Å². The van der Waals surface area contributed by atoms with Gasteiger partial charge in [-0.25, -0.2) is 0 Å². The topological polar surface area (TPSA) is 0 Å². The van der Waals surface area contributed by atoms with Crippen LogP contribution in [0.1, 0.15) is 83.6 Å². The van der Waals surface area contributed by atoms with E-state index in [4.69, 9.17) is 0 Å². The molecule has 0 aromatic heterocycles. The molecule has 0 nitrogen and oxygen atoms in total. The van der Waals surface area contributed by atoms with E-state index >= 15 is 0 Å². The highest BCUT2D eigenvalue weighted by Gasteiger charge is 2.19. The molecule has 0 aliphatic heterocycles. The minimum atomic E-state index is 0.174. The summed E-state index contributed by atoms with van der Waals surface area (Å²) in [5.74, 6) is 0. The van der Waals surface area contributed by atoms with E-state index in [1.807, 2.05) is 0 Å². The molecule has 136 valence electrons. The maximum absolute atomic E-state index is 2.44. The highest BCUT2D eigenvalue weighted by molar-refractivity contribution is 5.72. The summed E-state index contributed by atoms with van der Waals surface area (Å²) in [5, 5.41) is 0. The van der Waals surface area contributed by atoms with Gasteiger partial charge < -0.3 is 0 Å². The number of unbranched alkanes of at least 4 members (excludes halogenated alkanes) is 1. The van der Waals surface area contributed by atoms with Crippen molar-refractivity contribution in [3.8, 4) is 11.1 Å². The van der Waals surface area contributed by atoms with Crippen LogP contribution in [0.3, 0.4) is 0 Å². The predicted octanol–water partition coefficient (Wildman–Crippen LogP) is 7.60. The lowest BCUT2D eigenvalue weighted by atomic mass is 9.80. The van der Waals surface area contributed by atoms with Gasteiger partial charge in [0.2, 0.25) is 0 Å². The summed E-state index contributed by atoms with van der Waals surface area (Å²) >= 11 is 0. The number of hydrogen-bond acceptors (Lipinski definition) is 0. The van der Waals surface area contributed by atoms with Gasteiger partial charge in [0.15, 0.2) is 0 Å². The highest BCUT2D eigenvalue weighted by atomic mass is 14.2. The average molecular weight is 337 g/mol. The second-order valence-electron chi connectivity index (χ2n) is 9.51. The molecule has 0 fully saturated rings. The summed E-state index contributed by atoms with van der Waals surface area (Å²) in [6.45, 7) is 18.3. The van der Waals surface area contributed by atoms with Crippen LogP contribution in [-0.2, 0) is 17.3 Å². The SMILES string of the molecule is CCCCc1ccc(C(C)(C)C)cc1-c1cc(C(C)(C)C)ccc1C. The van der Waals surface area contributed by atoms with E-state index in [1.54, 1.807) is 0 Å². The maximum atomic E-state index is 2.44. The Labute approximate surface area is 155 Å². The summed E-state index contributed by atoms with van der Waals surface area (Å²) in [4.78, 5) is 0. The van der Waals surface area contributed by atoms with Crippen LogP contribution in [-0.4, -0.2) is 0 Å². The number of benzene rings is 2. The first-order valence-electron chi connectivity index (χ1n) is 9.79. The smallest absolute Gasteiger partial charge is 0.0132 e. The first-order chi connectivity index (χ1) is 11.5. The van der Waals surface area contributed by atoms with E-state index in [9.17, 15) is 0 Å². The number of hydrogen-bond donors (Lipinski definition) is 0. The largest absolute Gasteiger partial charge is 0.0654 e. The molecule has 0 bridgehead atoms. The van der Waals surface area contributed by atoms with Crippen molar-refractivity contribution in [2.75, 3.05) is 0 Å². The van der Waals surface area contributed by atoms with Crippen molar-refractivity contribution in [1.29, 1.82) is 0 Å². The number of aryl methyl sites for hydroxylation is 2. The van der Waals surface area contributed by atoms with E-state index in [0.29, 0.717) is 0 Å². The van der Waals surface area contributed by atoms with E-state index < -0.39 is 0 Å². The third-order valence-electron chi connectivity index (χ3n) is 5.17. The molecular formula is C25H36. The van der Waals surface area contributed by atoms with Gasteiger partial charge in [-0.15, -0.1) is 0 Å². The van der Waals surface area contributed by atoms with Gasteiger partial charge >= 0.3 is 0 Å². The van der Waals surface area contributed by atoms with Crippen LogP contribution >= 0.6 is 0 Å². The first kappa shape index (κ1) is 19.8. The Hall–Kier alpha value is -1.56.